The molecule has 0 aliphatic carbocycles. The molecular formula is C19H32N4O3. The van der Waals surface area contributed by atoms with Crippen molar-refractivity contribution in [3.05, 3.63) is 17.0 Å². The van der Waals surface area contributed by atoms with E-state index in [1.165, 1.54) is 0 Å². The zero-order chi connectivity index (χ0) is 19.6. The second-order valence-corrected chi connectivity index (χ2v) is 8.29. The molecular weight excluding hydrogens is 332 g/mol. The molecule has 0 unspecified atom stereocenters. The summed E-state index contributed by atoms with van der Waals surface area (Å²) in [5, 5.41) is 4.48. The number of nitrogens with zero attached hydrogens (tertiary/aromatic N) is 4. The Labute approximate surface area is 156 Å². The van der Waals surface area contributed by atoms with Crippen LogP contribution in [0.3, 0.4) is 0 Å². The standard InChI is InChI=1S/C19H32N4O3/c1-8-22(11-13(2)3)17(24)16-14-12-23(18(25)26-19(4,5)6)10-9-15(14)21(7)20-16/h13H,8-12H2,1-7H3. The van der Waals surface area contributed by atoms with Crippen LogP contribution >= 0.6 is 0 Å². The van der Waals surface area contributed by atoms with Crippen molar-refractivity contribution in [1.82, 2.24) is 19.6 Å². The summed E-state index contributed by atoms with van der Waals surface area (Å²) in [5.74, 6) is 0.320. The fourth-order valence-corrected chi connectivity index (χ4v) is 3.19. The van der Waals surface area contributed by atoms with Crippen molar-refractivity contribution in [3.63, 3.8) is 0 Å². The number of carbonyl (C=O) groups excluding carboxylic acids is 2. The summed E-state index contributed by atoms with van der Waals surface area (Å²) in [4.78, 5) is 28.9. The van der Waals surface area contributed by atoms with Crippen LogP contribution in [0.2, 0.25) is 0 Å². The highest BCUT2D eigenvalue weighted by Gasteiger charge is 2.32. The average molecular weight is 364 g/mol. The van der Waals surface area contributed by atoms with E-state index in [0.717, 1.165) is 11.3 Å². The summed E-state index contributed by atoms with van der Waals surface area (Å²) in [6.45, 7) is 14.0. The predicted molar refractivity (Wildman–Crippen MR) is 100.0 cm³/mol. The smallest absolute Gasteiger partial charge is 0.410 e. The first-order valence-electron chi connectivity index (χ1n) is 9.35. The summed E-state index contributed by atoms with van der Waals surface area (Å²) in [5.41, 5.74) is 1.78. The van der Waals surface area contributed by atoms with Gasteiger partial charge in [-0.15, -0.1) is 0 Å². The molecule has 0 N–H and O–H groups in total. The number of rotatable bonds is 4. The maximum Gasteiger partial charge on any atom is 0.410 e. The van der Waals surface area contributed by atoms with Crippen LogP contribution < -0.4 is 0 Å². The normalized spacial score (nSPS) is 14.4. The van der Waals surface area contributed by atoms with Gasteiger partial charge in [0.15, 0.2) is 5.69 Å². The zero-order valence-corrected chi connectivity index (χ0v) is 17.1. The Morgan fingerprint density at radius 3 is 2.50 bits per heavy atom. The Morgan fingerprint density at radius 2 is 1.96 bits per heavy atom. The largest absolute Gasteiger partial charge is 0.444 e. The monoisotopic (exact) mass is 364 g/mol. The van der Waals surface area contributed by atoms with Crippen LogP contribution in [0.1, 0.15) is 63.3 Å². The molecule has 26 heavy (non-hydrogen) atoms. The molecule has 146 valence electrons. The van der Waals surface area contributed by atoms with Gasteiger partial charge in [-0.3, -0.25) is 9.48 Å². The topological polar surface area (TPSA) is 67.7 Å². The number of aromatic nitrogens is 2. The summed E-state index contributed by atoms with van der Waals surface area (Å²) in [6, 6.07) is 0. The van der Waals surface area contributed by atoms with E-state index in [9.17, 15) is 9.59 Å². The lowest BCUT2D eigenvalue weighted by Crippen LogP contribution is -2.41. The summed E-state index contributed by atoms with van der Waals surface area (Å²) < 4.78 is 7.26. The molecule has 7 nitrogen and oxygen atoms in total. The molecule has 0 saturated heterocycles. The Hall–Kier alpha value is -2.05. The molecule has 7 heteroatoms. The fourth-order valence-electron chi connectivity index (χ4n) is 3.19. The van der Waals surface area contributed by atoms with E-state index in [4.69, 9.17) is 4.74 Å². The molecule has 1 aliphatic rings. The van der Waals surface area contributed by atoms with E-state index >= 15 is 0 Å². The first-order valence-corrected chi connectivity index (χ1v) is 9.35. The van der Waals surface area contributed by atoms with Crippen LogP contribution in [-0.4, -0.2) is 56.8 Å². The minimum Gasteiger partial charge on any atom is -0.444 e. The number of carbonyl (C=O) groups is 2. The van der Waals surface area contributed by atoms with Gasteiger partial charge in [-0.25, -0.2) is 4.79 Å². The second-order valence-electron chi connectivity index (χ2n) is 8.29. The van der Waals surface area contributed by atoms with Crippen LogP contribution in [0.15, 0.2) is 0 Å². The van der Waals surface area contributed by atoms with Crippen molar-refractivity contribution in [2.45, 2.75) is 60.1 Å². The molecule has 0 spiro atoms. The molecule has 1 aromatic rings. The van der Waals surface area contributed by atoms with E-state index < -0.39 is 5.60 Å². The molecule has 0 fully saturated rings. The molecule has 0 atom stereocenters. The second kappa shape index (κ2) is 7.68. The van der Waals surface area contributed by atoms with E-state index in [0.29, 0.717) is 44.2 Å². The summed E-state index contributed by atoms with van der Waals surface area (Å²) in [7, 11) is 1.86. The molecule has 2 heterocycles. The number of amides is 2. The number of hydrogen-bond donors (Lipinski definition) is 0. The molecule has 1 aromatic heterocycles. The Balaban J connectivity index is 2.26. The first-order chi connectivity index (χ1) is 12.0. The van der Waals surface area contributed by atoms with Crippen molar-refractivity contribution >= 4 is 12.0 Å². The van der Waals surface area contributed by atoms with Gasteiger partial charge in [0.1, 0.15) is 5.60 Å². The summed E-state index contributed by atoms with van der Waals surface area (Å²) in [6.07, 6.45) is 0.321. The summed E-state index contributed by atoms with van der Waals surface area (Å²) >= 11 is 0. The van der Waals surface area contributed by atoms with E-state index in [2.05, 4.69) is 18.9 Å². The molecule has 0 aromatic carbocycles. The highest BCUT2D eigenvalue weighted by atomic mass is 16.6. The minimum atomic E-state index is -0.540. The van der Waals surface area contributed by atoms with Gasteiger partial charge in [0.05, 0.1) is 6.54 Å². The molecule has 0 bridgehead atoms. The van der Waals surface area contributed by atoms with Gasteiger partial charge in [-0.2, -0.15) is 5.10 Å². The lowest BCUT2D eigenvalue weighted by Gasteiger charge is -2.30. The molecule has 2 rings (SSSR count). The van der Waals surface area contributed by atoms with Crippen LogP contribution in [0.25, 0.3) is 0 Å². The maximum atomic E-state index is 13.0. The van der Waals surface area contributed by atoms with Gasteiger partial charge in [0, 0.05) is 44.4 Å². The van der Waals surface area contributed by atoms with Gasteiger partial charge in [-0.1, -0.05) is 13.8 Å². The third-order valence-electron chi connectivity index (χ3n) is 4.35. The van der Waals surface area contributed by atoms with Gasteiger partial charge >= 0.3 is 6.09 Å². The number of hydrogen-bond acceptors (Lipinski definition) is 4. The molecule has 1 aliphatic heterocycles. The van der Waals surface area contributed by atoms with Crippen molar-refractivity contribution in [2.75, 3.05) is 19.6 Å². The Bertz CT molecular complexity index is 673. The van der Waals surface area contributed by atoms with Crippen molar-refractivity contribution < 1.29 is 14.3 Å². The van der Waals surface area contributed by atoms with Crippen molar-refractivity contribution in [2.24, 2.45) is 13.0 Å². The number of aryl methyl sites for hydroxylation is 1. The predicted octanol–water partition coefficient (Wildman–Crippen LogP) is 2.83. The van der Waals surface area contributed by atoms with Gasteiger partial charge in [0.2, 0.25) is 0 Å². The van der Waals surface area contributed by atoms with Crippen LogP contribution in [0.4, 0.5) is 4.79 Å². The van der Waals surface area contributed by atoms with Gasteiger partial charge < -0.3 is 14.5 Å². The fraction of sp³-hybridized carbons (Fsp3) is 0.737. The van der Waals surface area contributed by atoms with Crippen LogP contribution in [0, 0.1) is 5.92 Å². The van der Waals surface area contributed by atoms with Crippen LogP contribution in [0.5, 0.6) is 0 Å². The van der Waals surface area contributed by atoms with E-state index in [1.54, 1.807) is 9.58 Å². The maximum absolute atomic E-state index is 13.0. The SMILES string of the molecule is CCN(CC(C)C)C(=O)c1nn(C)c2c1CN(C(=O)OC(C)(C)C)CC2. The Kier molecular flexibility index (Phi) is 5.98. The Morgan fingerprint density at radius 1 is 1.31 bits per heavy atom. The highest BCUT2D eigenvalue weighted by molar-refractivity contribution is 5.94. The third-order valence-corrected chi connectivity index (χ3v) is 4.35. The number of fused-ring (bicyclic) bond motifs is 1. The van der Waals surface area contributed by atoms with Gasteiger partial charge in [-0.05, 0) is 33.6 Å². The zero-order valence-electron chi connectivity index (χ0n) is 17.1. The quantitative estimate of drug-likeness (QED) is 0.824. The first kappa shape index (κ1) is 20.3. The molecule has 0 radical (unpaired) electrons. The van der Waals surface area contributed by atoms with Crippen molar-refractivity contribution in [3.8, 4) is 0 Å². The highest BCUT2D eigenvalue weighted by Crippen LogP contribution is 2.25. The van der Waals surface area contributed by atoms with Crippen LogP contribution in [-0.2, 0) is 24.8 Å². The lowest BCUT2D eigenvalue weighted by molar-refractivity contribution is 0.0221. The lowest BCUT2D eigenvalue weighted by atomic mass is 10.0. The van der Waals surface area contributed by atoms with Crippen molar-refractivity contribution in [1.29, 1.82) is 0 Å². The molecule has 2 amide bonds. The van der Waals surface area contributed by atoms with E-state index in [1.807, 2.05) is 39.6 Å². The van der Waals surface area contributed by atoms with E-state index in [-0.39, 0.29) is 12.0 Å². The van der Waals surface area contributed by atoms with Gasteiger partial charge in [0.25, 0.3) is 5.91 Å². The third kappa shape index (κ3) is 4.56. The average Bonchev–Trinajstić information content (AvgIpc) is 2.86. The molecule has 0 saturated carbocycles. The minimum absolute atomic E-state index is 0.0657. The number of ether oxygens (including phenoxy) is 1.